The molecule has 15 heavy (non-hydrogen) atoms. The summed E-state index contributed by atoms with van der Waals surface area (Å²) in [4.78, 5) is 0. The predicted molar refractivity (Wildman–Crippen MR) is 59.6 cm³/mol. The van der Waals surface area contributed by atoms with E-state index in [2.05, 4.69) is 11.2 Å². The number of methoxy groups -OCH3 is 1. The number of aliphatic hydroxyl groups excluding tert-OH is 1. The first-order chi connectivity index (χ1) is 7.20. The Labute approximate surface area is 92.0 Å². The summed E-state index contributed by atoms with van der Waals surface area (Å²) in [5.74, 6) is 2.52. The van der Waals surface area contributed by atoms with Gasteiger partial charge in [-0.15, -0.1) is 12.3 Å². The lowest BCUT2D eigenvalue weighted by molar-refractivity contribution is -0.0309. The van der Waals surface area contributed by atoms with E-state index in [0.29, 0.717) is 26.2 Å². The van der Waals surface area contributed by atoms with Crippen LogP contribution in [0, 0.1) is 12.3 Å². The smallest absolute Gasteiger partial charge is 0.0897 e. The zero-order valence-corrected chi connectivity index (χ0v) is 9.53. The minimum Gasteiger partial charge on any atom is -0.389 e. The molecule has 0 aliphatic carbocycles. The highest BCUT2D eigenvalue weighted by molar-refractivity contribution is 4.84. The maximum absolute atomic E-state index is 9.49. The van der Waals surface area contributed by atoms with Gasteiger partial charge in [-0.1, -0.05) is 0 Å². The Morgan fingerprint density at radius 2 is 2.20 bits per heavy atom. The second-order valence-electron chi connectivity index (χ2n) is 3.41. The molecule has 4 heteroatoms. The van der Waals surface area contributed by atoms with Gasteiger partial charge < -0.3 is 19.9 Å². The quantitative estimate of drug-likeness (QED) is 0.420. The van der Waals surface area contributed by atoms with Crippen LogP contribution in [0.3, 0.4) is 0 Å². The molecule has 0 aromatic carbocycles. The van der Waals surface area contributed by atoms with E-state index >= 15 is 0 Å². The Balaban J connectivity index is 3.32. The molecule has 2 unspecified atom stereocenters. The molecule has 0 bridgehead atoms. The van der Waals surface area contributed by atoms with Crippen molar-refractivity contribution in [2.75, 3.05) is 33.4 Å². The fraction of sp³-hybridized carbons (Fsp3) is 0.818. The fourth-order valence-corrected chi connectivity index (χ4v) is 1.05. The Morgan fingerprint density at radius 3 is 2.80 bits per heavy atom. The van der Waals surface area contributed by atoms with Crippen LogP contribution in [-0.2, 0) is 9.47 Å². The Morgan fingerprint density at radius 1 is 1.47 bits per heavy atom. The van der Waals surface area contributed by atoms with E-state index < -0.39 is 6.10 Å². The highest BCUT2D eigenvalue weighted by atomic mass is 16.5. The summed E-state index contributed by atoms with van der Waals surface area (Å²) in [5.41, 5.74) is 0. The highest BCUT2D eigenvalue weighted by Crippen LogP contribution is 1.93. The van der Waals surface area contributed by atoms with Gasteiger partial charge in [0.05, 0.1) is 25.4 Å². The van der Waals surface area contributed by atoms with Gasteiger partial charge in [0, 0.05) is 26.6 Å². The minimum absolute atomic E-state index is 0.00959. The number of terminal acetylenes is 1. The van der Waals surface area contributed by atoms with Crippen molar-refractivity contribution in [1.29, 1.82) is 0 Å². The topological polar surface area (TPSA) is 50.7 Å². The van der Waals surface area contributed by atoms with E-state index in [-0.39, 0.29) is 6.10 Å². The third-order valence-corrected chi connectivity index (χ3v) is 1.80. The Kier molecular flexibility index (Phi) is 9.54. The number of aliphatic hydroxyl groups is 1. The molecule has 0 radical (unpaired) electrons. The van der Waals surface area contributed by atoms with Crippen LogP contribution in [0.4, 0.5) is 0 Å². The summed E-state index contributed by atoms with van der Waals surface area (Å²) in [6.45, 7) is 3.98. The first kappa shape index (κ1) is 14.4. The largest absolute Gasteiger partial charge is 0.389 e. The molecule has 0 aromatic heterocycles. The second-order valence-corrected chi connectivity index (χ2v) is 3.41. The lowest BCUT2D eigenvalue weighted by atomic mass is 10.3. The van der Waals surface area contributed by atoms with Gasteiger partial charge in [0.25, 0.3) is 0 Å². The number of hydrogen-bond acceptors (Lipinski definition) is 4. The maximum atomic E-state index is 9.49. The van der Waals surface area contributed by atoms with Gasteiger partial charge in [0.1, 0.15) is 0 Å². The van der Waals surface area contributed by atoms with E-state index in [1.807, 2.05) is 6.92 Å². The van der Waals surface area contributed by atoms with Crippen molar-refractivity contribution in [3.05, 3.63) is 0 Å². The van der Waals surface area contributed by atoms with Gasteiger partial charge in [0.15, 0.2) is 0 Å². The standard InChI is InChI=1S/C11H21NO3/c1-4-5-6-12-7-11(13)9-15-10(2)8-14-3/h1,10-13H,5-9H2,2-3H3. The van der Waals surface area contributed by atoms with E-state index in [1.54, 1.807) is 7.11 Å². The summed E-state index contributed by atoms with van der Waals surface area (Å²) in [6, 6.07) is 0. The molecule has 0 aliphatic rings. The molecule has 0 aromatic rings. The first-order valence-corrected chi connectivity index (χ1v) is 5.13. The number of ether oxygens (including phenoxy) is 2. The summed E-state index contributed by atoms with van der Waals surface area (Å²) in [6.07, 6.45) is 5.27. The van der Waals surface area contributed by atoms with Gasteiger partial charge in [-0.25, -0.2) is 0 Å². The van der Waals surface area contributed by atoms with Crippen molar-refractivity contribution in [3.63, 3.8) is 0 Å². The van der Waals surface area contributed by atoms with E-state index in [0.717, 1.165) is 6.54 Å². The number of nitrogens with one attached hydrogen (secondary N) is 1. The monoisotopic (exact) mass is 215 g/mol. The molecule has 0 fully saturated rings. The van der Waals surface area contributed by atoms with Gasteiger partial charge in [-0.05, 0) is 6.92 Å². The zero-order valence-electron chi connectivity index (χ0n) is 9.53. The summed E-state index contributed by atoms with van der Waals surface area (Å²) in [5, 5.41) is 12.5. The third-order valence-electron chi connectivity index (χ3n) is 1.80. The molecule has 0 spiro atoms. The van der Waals surface area contributed by atoms with E-state index in [4.69, 9.17) is 15.9 Å². The molecule has 0 rings (SSSR count). The van der Waals surface area contributed by atoms with Crippen molar-refractivity contribution in [1.82, 2.24) is 5.32 Å². The maximum Gasteiger partial charge on any atom is 0.0897 e. The van der Waals surface area contributed by atoms with Gasteiger partial charge in [-0.3, -0.25) is 0 Å². The average Bonchev–Trinajstić information content (AvgIpc) is 2.22. The van der Waals surface area contributed by atoms with Crippen LogP contribution in [0.25, 0.3) is 0 Å². The predicted octanol–water partition coefficient (Wildman–Crippen LogP) is 0.0117. The molecular formula is C11H21NO3. The lowest BCUT2D eigenvalue weighted by Gasteiger charge is -2.16. The molecular weight excluding hydrogens is 194 g/mol. The van der Waals surface area contributed by atoms with E-state index in [1.165, 1.54) is 0 Å². The zero-order chi connectivity index (χ0) is 11.5. The summed E-state index contributed by atoms with van der Waals surface area (Å²) < 4.78 is 10.3. The van der Waals surface area contributed by atoms with Crippen molar-refractivity contribution >= 4 is 0 Å². The molecule has 0 amide bonds. The van der Waals surface area contributed by atoms with Gasteiger partial charge in [0.2, 0.25) is 0 Å². The molecule has 0 aliphatic heterocycles. The summed E-state index contributed by atoms with van der Waals surface area (Å²) in [7, 11) is 1.62. The molecule has 0 saturated heterocycles. The van der Waals surface area contributed by atoms with Gasteiger partial charge in [-0.2, -0.15) is 0 Å². The fourth-order valence-electron chi connectivity index (χ4n) is 1.05. The van der Waals surface area contributed by atoms with Crippen LogP contribution in [0.5, 0.6) is 0 Å². The lowest BCUT2D eigenvalue weighted by Crippen LogP contribution is -2.32. The van der Waals surface area contributed by atoms with Crippen molar-refractivity contribution < 1.29 is 14.6 Å². The average molecular weight is 215 g/mol. The van der Waals surface area contributed by atoms with Crippen LogP contribution in [0.15, 0.2) is 0 Å². The minimum atomic E-state index is -0.498. The third kappa shape index (κ3) is 9.70. The van der Waals surface area contributed by atoms with Crippen molar-refractivity contribution in [3.8, 4) is 12.3 Å². The molecule has 4 nitrogen and oxygen atoms in total. The van der Waals surface area contributed by atoms with Crippen LogP contribution < -0.4 is 5.32 Å². The van der Waals surface area contributed by atoms with Crippen LogP contribution in [0.1, 0.15) is 13.3 Å². The Hall–Kier alpha value is -0.600. The van der Waals surface area contributed by atoms with Crippen LogP contribution >= 0.6 is 0 Å². The first-order valence-electron chi connectivity index (χ1n) is 5.13. The normalized spacial score (nSPS) is 14.5. The molecule has 2 atom stereocenters. The molecule has 2 N–H and O–H groups in total. The molecule has 0 heterocycles. The highest BCUT2D eigenvalue weighted by Gasteiger charge is 2.07. The Bertz CT molecular complexity index is 179. The second kappa shape index (κ2) is 9.94. The van der Waals surface area contributed by atoms with Crippen LogP contribution in [0.2, 0.25) is 0 Å². The molecule has 88 valence electrons. The van der Waals surface area contributed by atoms with E-state index in [9.17, 15) is 5.11 Å². The number of hydrogen-bond donors (Lipinski definition) is 2. The summed E-state index contributed by atoms with van der Waals surface area (Å²) >= 11 is 0. The molecule has 0 saturated carbocycles. The SMILES string of the molecule is C#CCCNCC(O)COC(C)COC. The van der Waals surface area contributed by atoms with Crippen molar-refractivity contribution in [2.24, 2.45) is 0 Å². The van der Waals surface area contributed by atoms with Crippen molar-refractivity contribution in [2.45, 2.75) is 25.6 Å². The van der Waals surface area contributed by atoms with Gasteiger partial charge >= 0.3 is 0 Å². The number of rotatable bonds is 9. The van der Waals surface area contributed by atoms with Crippen LogP contribution in [-0.4, -0.2) is 50.7 Å².